The van der Waals surface area contributed by atoms with Gasteiger partial charge in [0.2, 0.25) is 5.91 Å². The minimum absolute atomic E-state index is 0.0501. The van der Waals surface area contributed by atoms with E-state index in [0.717, 1.165) is 17.7 Å². The number of fused-ring (bicyclic) bond motifs is 1. The maximum atomic E-state index is 12.9. The minimum Gasteiger partial charge on any atom is -0.493 e. The number of hydrogen-bond acceptors (Lipinski definition) is 3. The second-order valence-electron chi connectivity index (χ2n) is 6.34. The van der Waals surface area contributed by atoms with Gasteiger partial charge in [-0.25, -0.2) is 4.68 Å². The highest BCUT2D eigenvalue weighted by Crippen LogP contribution is 2.26. The number of halogens is 2. The summed E-state index contributed by atoms with van der Waals surface area (Å²) in [6.45, 7) is 1.54. The number of hydrogen-bond donors (Lipinski definition) is 1. The second kappa shape index (κ2) is 7.21. The summed E-state index contributed by atoms with van der Waals surface area (Å²) in [5, 5.41) is 6.69. The van der Waals surface area contributed by atoms with Gasteiger partial charge in [0.05, 0.1) is 18.7 Å². The van der Waals surface area contributed by atoms with Crippen LogP contribution in [0.25, 0.3) is 0 Å². The summed E-state index contributed by atoms with van der Waals surface area (Å²) in [7, 11) is 0. The van der Waals surface area contributed by atoms with E-state index in [-0.39, 0.29) is 18.2 Å². The molecular formula is C18H21F2N3O2. The maximum absolute atomic E-state index is 12.9. The normalized spacial score (nSPS) is 16.4. The topological polar surface area (TPSA) is 56.2 Å². The molecule has 0 fully saturated rings. The first kappa shape index (κ1) is 17.4. The second-order valence-corrected chi connectivity index (χ2v) is 6.34. The number of amides is 1. The first-order valence-electron chi connectivity index (χ1n) is 8.26. The molecule has 0 saturated carbocycles. The van der Waals surface area contributed by atoms with E-state index in [1.165, 1.54) is 0 Å². The van der Waals surface area contributed by atoms with Crippen molar-refractivity contribution in [2.75, 3.05) is 13.2 Å². The summed E-state index contributed by atoms with van der Waals surface area (Å²) in [5.74, 6) is 0.902. The molecule has 1 aliphatic heterocycles. The average molecular weight is 349 g/mol. The number of benzene rings is 1. The SMILES string of the molecule is Cc1nn(C(F)F)c(C)c1CC(=O)NC[C@H]1COc2ccccc2C1. The van der Waals surface area contributed by atoms with Gasteiger partial charge in [-0.05, 0) is 31.9 Å². The Balaban J connectivity index is 1.56. The smallest absolute Gasteiger partial charge is 0.333 e. The summed E-state index contributed by atoms with van der Waals surface area (Å²) in [6, 6.07) is 7.87. The number of nitrogens with zero attached hydrogens (tertiary/aromatic N) is 2. The zero-order chi connectivity index (χ0) is 18.0. The van der Waals surface area contributed by atoms with Crippen molar-refractivity contribution in [3.05, 3.63) is 46.8 Å². The van der Waals surface area contributed by atoms with E-state index in [1.807, 2.05) is 24.3 Å². The summed E-state index contributed by atoms with van der Waals surface area (Å²) < 4.78 is 32.1. The summed E-state index contributed by atoms with van der Waals surface area (Å²) in [5.41, 5.74) is 2.49. The van der Waals surface area contributed by atoms with Crippen LogP contribution in [0.2, 0.25) is 0 Å². The lowest BCUT2D eigenvalue weighted by Crippen LogP contribution is -2.35. The monoisotopic (exact) mass is 349 g/mol. The molecule has 0 bridgehead atoms. The zero-order valence-electron chi connectivity index (χ0n) is 14.3. The lowest BCUT2D eigenvalue weighted by molar-refractivity contribution is -0.120. The number of carbonyl (C=O) groups is 1. The van der Waals surface area contributed by atoms with Crippen LogP contribution in [0.1, 0.15) is 29.1 Å². The molecule has 1 aliphatic rings. The molecule has 1 atom stereocenters. The van der Waals surface area contributed by atoms with Gasteiger partial charge in [-0.1, -0.05) is 18.2 Å². The quantitative estimate of drug-likeness (QED) is 0.903. The standard InChI is InChI=1S/C18H21F2N3O2/c1-11-15(12(2)23(22-11)18(19)20)8-17(24)21-9-13-7-14-5-3-4-6-16(14)25-10-13/h3-6,13,18H,7-10H2,1-2H3,(H,21,24)/t13-/m0/s1. The minimum atomic E-state index is -2.70. The van der Waals surface area contributed by atoms with Crippen LogP contribution in [0.5, 0.6) is 5.75 Å². The molecule has 134 valence electrons. The van der Waals surface area contributed by atoms with Crippen LogP contribution in [0.15, 0.2) is 24.3 Å². The number of ether oxygens (including phenoxy) is 1. The van der Waals surface area contributed by atoms with Gasteiger partial charge in [-0.15, -0.1) is 0 Å². The third kappa shape index (κ3) is 3.81. The van der Waals surface area contributed by atoms with Crippen LogP contribution in [0.4, 0.5) is 8.78 Å². The molecule has 25 heavy (non-hydrogen) atoms. The number of carbonyl (C=O) groups excluding carboxylic acids is 1. The number of aromatic nitrogens is 2. The van der Waals surface area contributed by atoms with E-state index in [1.54, 1.807) is 13.8 Å². The summed E-state index contributed by atoms with van der Waals surface area (Å²) in [6.07, 6.45) is 0.895. The Morgan fingerprint density at radius 3 is 2.88 bits per heavy atom. The highest BCUT2D eigenvalue weighted by Gasteiger charge is 2.22. The lowest BCUT2D eigenvalue weighted by atomic mass is 9.96. The molecule has 0 aliphatic carbocycles. The highest BCUT2D eigenvalue weighted by atomic mass is 19.3. The lowest BCUT2D eigenvalue weighted by Gasteiger charge is -2.25. The number of para-hydroxylation sites is 1. The number of alkyl halides is 2. The van der Waals surface area contributed by atoms with Gasteiger partial charge in [0.1, 0.15) is 5.75 Å². The van der Waals surface area contributed by atoms with E-state index in [4.69, 9.17) is 4.74 Å². The van der Waals surface area contributed by atoms with Crippen LogP contribution < -0.4 is 10.1 Å². The Labute approximate surface area is 145 Å². The van der Waals surface area contributed by atoms with Crippen LogP contribution in [-0.4, -0.2) is 28.8 Å². The summed E-state index contributed by atoms with van der Waals surface area (Å²) >= 11 is 0. The van der Waals surface area contributed by atoms with Crippen molar-refractivity contribution in [3.8, 4) is 5.75 Å². The van der Waals surface area contributed by atoms with Crippen molar-refractivity contribution >= 4 is 5.91 Å². The van der Waals surface area contributed by atoms with E-state index in [0.29, 0.717) is 34.8 Å². The predicted octanol–water partition coefficient (Wildman–Crippen LogP) is 2.81. The fraction of sp³-hybridized carbons (Fsp3) is 0.444. The van der Waals surface area contributed by atoms with Crippen LogP contribution in [-0.2, 0) is 17.6 Å². The molecule has 1 aromatic heterocycles. The molecule has 0 unspecified atom stereocenters. The molecule has 3 rings (SSSR count). The number of nitrogens with one attached hydrogen (secondary N) is 1. The Morgan fingerprint density at radius 1 is 1.40 bits per heavy atom. The van der Waals surface area contributed by atoms with Crippen molar-refractivity contribution in [2.24, 2.45) is 5.92 Å². The molecule has 0 spiro atoms. The van der Waals surface area contributed by atoms with Gasteiger partial charge in [-0.3, -0.25) is 4.79 Å². The van der Waals surface area contributed by atoms with Crippen molar-refractivity contribution in [2.45, 2.75) is 33.2 Å². The van der Waals surface area contributed by atoms with E-state index in [9.17, 15) is 13.6 Å². The molecule has 2 aromatic rings. The van der Waals surface area contributed by atoms with Gasteiger partial charge >= 0.3 is 6.55 Å². The highest BCUT2D eigenvalue weighted by molar-refractivity contribution is 5.79. The predicted molar refractivity (Wildman–Crippen MR) is 88.8 cm³/mol. The van der Waals surface area contributed by atoms with Crippen LogP contribution in [0.3, 0.4) is 0 Å². The van der Waals surface area contributed by atoms with E-state index < -0.39 is 6.55 Å². The maximum Gasteiger partial charge on any atom is 0.333 e. The molecule has 0 saturated heterocycles. The molecule has 1 amide bonds. The molecule has 5 nitrogen and oxygen atoms in total. The summed E-state index contributed by atoms with van der Waals surface area (Å²) in [4.78, 5) is 12.2. The van der Waals surface area contributed by atoms with Gasteiger partial charge in [0.25, 0.3) is 0 Å². The van der Waals surface area contributed by atoms with E-state index in [2.05, 4.69) is 10.4 Å². The molecular weight excluding hydrogens is 328 g/mol. The van der Waals surface area contributed by atoms with Crippen molar-refractivity contribution < 1.29 is 18.3 Å². The first-order chi connectivity index (χ1) is 12.0. The Kier molecular flexibility index (Phi) is 5.01. The first-order valence-corrected chi connectivity index (χ1v) is 8.26. The van der Waals surface area contributed by atoms with Crippen LogP contribution in [0, 0.1) is 19.8 Å². The molecule has 7 heteroatoms. The van der Waals surface area contributed by atoms with Crippen molar-refractivity contribution in [1.82, 2.24) is 15.1 Å². The van der Waals surface area contributed by atoms with Gasteiger partial charge in [0, 0.05) is 23.7 Å². The average Bonchev–Trinajstić information content (AvgIpc) is 2.88. The number of rotatable bonds is 5. The molecule has 2 heterocycles. The fourth-order valence-electron chi connectivity index (χ4n) is 3.15. The molecule has 0 radical (unpaired) electrons. The molecule has 1 N–H and O–H groups in total. The third-order valence-corrected chi connectivity index (χ3v) is 4.54. The van der Waals surface area contributed by atoms with Crippen molar-refractivity contribution in [1.29, 1.82) is 0 Å². The van der Waals surface area contributed by atoms with Crippen molar-refractivity contribution in [3.63, 3.8) is 0 Å². The Morgan fingerprint density at radius 2 is 2.16 bits per heavy atom. The largest absolute Gasteiger partial charge is 0.493 e. The van der Waals surface area contributed by atoms with Gasteiger partial charge in [-0.2, -0.15) is 13.9 Å². The zero-order valence-corrected chi connectivity index (χ0v) is 14.3. The fourth-order valence-corrected chi connectivity index (χ4v) is 3.15. The van der Waals surface area contributed by atoms with E-state index >= 15 is 0 Å². The Bertz CT molecular complexity index is 774. The molecule has 1 aromatic carbocycles. The number of aryl methyl sites for hydroxylation is 1. The van der Waals surface area contributed by atoms with Gasteiger partial charge in [0.15, 0.2) is 0 Å². The Hall–Kier alpha value is -2.44. The van der Waals surface area contributed by atoms with Gasteiger partial charge < -0.3 is 10.1 Å². The van der Waals surface area contributed by atoms with Crippen LogP contribution >= 0.6 is 0 Å². The third-order valence-electron chi connectivity index (χ3n) is 4.54.